The molecule has 0 saturated heterocycles. The van der Waals surface area contributed by atoms with Gasteiger partial charge in [0.25, 0.3) is 0 Å². The highest BCUT2D eigenvalue weighted by Gasteiger charge is 2.28. The normalized spacial score (nSPS) is 14.4. The summed E-state index contributed by atoms with van der Waals surface area (Å²) in [4.78, 5) is 17.5. The number of fused-ring (bicyclic) bond motifs is 2. The number of aryl methyl sites for hydroxylation is 1. The fourth-order valence-corrected chi connectivity index (χ4v) is 6.49. The lowest BCUT2D eigenvalue weighted by atomic mass is 9.99. The van der Waals surface area contributed by atoms with E-state index in [1.54, 1.807) is 29.6 Å². The highest BCUT2D eigenvalue weighted by molar-refractivity contribution is 7.91. The Kier molecular flexibility index (Phi) is 6.85. The summed E-state index contributed by atoms with van der Waals surface area (Å²) in [6, 6.07) is 17.3. The predicted molar refractivity (Wildman–Crippen MR) is 154 cm³/mol. The van der Waals surface area contributed by atoms with Crippen LogP contribution in [0.3, 0.4) is 0 Å². The predicted octanol–water partition coefficient (Wildman–Crippen LogP) is 5.50. The second-order valence-electron chi connectivity index (χ2n) is 9.96. The van der Waals surface area contributed by atoms with Crippen molar-refractivity contribution < 1.29 is 26.7 Å². The van der Waals surface area contributed by atoms with Gasteiger partial charge in [-0.3, -0.25) is 4.79 Å². The van der Waals surface area contributed by atoms with Crippen LogP contribution in [0.15, 0.2) is 77.8 Å². The third-order valence-electron chi connectivity index (χ3n) is 7.24. The first-order chi connectivity index (χ1) is 20.1. The summed E-state index contributed by atoms with van der Waals surface area (Å²) in [6.45, 7) is 1.56. The van der Waals surface area contributed by atoms with E-state index in [4.69, 9.17) is 4.74 Å². The van der Waals surface area contributed by atoms with Crippen LogP contribution in [0, 0.1) is 11.6 Å². The summed E-state index contributed by atoms with van der Waals surface area (Å²) in [7, 11) is -1.82. The van der Waals surface area contributed by atoms with Crippen LogP contribution in [0.1, 0.15) is 24.0 Å². The molecule has 9 nitrogen and oxygen atoms in total. The van der Waals surface area contributed by atoms with Crippen molar-refractivity contribution in [2.75, 3.05) is 23.5 Å². The first-order valence-electron chi connectivity index (χ1n) is 13.0. The molecule has 0 unspecified atom stereocenters. The molecular formula is C30H25F2N5O4S. The molecule has 0 radical (unpaired) electrons. The van der Waals surface area contributed by atoms with E-state index in [1.165, 1.54) is 19.2 Å². The molecule has 1 amide bonds. The van der Waals surface area contributed by atoms with Crippen molar-refractivity contribution in [3.05, 3.63) is 95.7 Å². The molecule has 1 aliphatic heterocycles. The van der Waals surface area contributed by atoms with E-state index in [1.807, 2.05) is 30.5 Å². The van der Waals surface area contributed by atoms with E-state index in [-0.39, 0.29) is 11.3 Å². The molecule has 0 spiro atoms. The first-order valence-corrected chi connectivity index (χ1v) is 14.7. The number of hydrogen-bond acceptors (Lipinski definition) is 7. The Morgan fingerprint density at radius 2 is 1.79 bits per heavy atom. The maximum absolute atomic E-state index is 14.1. The molecule has 42 heavy (non-hydrogen) atoms. The summed E-state index contributed by atoms with van der Waals surface area (Å²) < 4.78 is 58.9. The van der Waals surface area contributed by atoms with Crippen LogP contribution in [0.25, 0.3) is 16.8 Å². The van der Waals surface area contributed by atoms with Crippen LogP contribution in [0.4, 0.5) is 26.1 Å². The van der Waals surface area contributed by atoms with E-state index in [2.05, 4.69) is 20.7 Å². The number of methoxy groups -OCH3 is 1. The molecule has 5 aromatic rings. The monoisotopic (exact) mass is 589 g/mol. The van der Waals surface area contributed by atoms with Gasteiger partial charge in [0.2, 0.25) is 11.9 Å². The summed E-state index contributed by atoms with van der Waals surface area (Å²) in [5, 5.41) is 10.4. The van der Waals surface area contributed by atoms with E-state index < -0.39 is 33.3 Å². The molecule has 3 aromatic carbocycles. The van der Waals surface area contributed by atoms with Crippen molar-refractivity contribution in [2.24, 2.45) is 0 Å². The smallest absolute Gasteiger partial charge is 0.247 e. The van der Waals surface area contributed by atoms with Gasteiger partial charge in [0.05, 0.1) is 29.4 Å². The average Bonchev–Trinajstić information content (AvgIpc) is 3.50. The lowest BCUT2D eigenvalue weighted by Crippen LogP contribution is -2.19. The molecule has 0 saturated carbocycles. The molecule has 12 heteroatoms. The van der Waals surface area contributed by atoms with Crippen molar-refractivity contribution in [3.8, 4) is 16.9 Å². The standard InChI is InChI=1S/C30H25F2N5O4S/c1-17(23-9-6-21(31)14-24(23)32)29(38)33-22-7-3-18(4-8-22)20-5-10-28-35-30(36-37(28)16-20)34-25-13-19-11-12-42(39,40)27(19)15-26(25)41-2/h3-10,13-17H,11-12H2,1-2H3,(H,33,38)(H,34,36)/t17-/m1/s1. The fraction of sp³-hybridized carbons (Fsp3) is 0.167. The number of benzene rings is 3. The number of pyridine rings is 1. The van der Waals surface area contributed by atoms with E-state index in [9.17, 15) is 22.0 Å². The number of hydrogen-bond donors (Lipinski definition) is 2. The van der Waals surface area contributed by atoms with Crippen LogP contribution in [0.5, 0.6) is 5.75 Å². The maximum atomic E-state index is 14.1. The number of carbonyl (C=O) groups excluding carboxylic acids is 1. The Morgan fingerprint density at radius 3 is 2.52 bits per heavy atom. The van der Waals surface area contributed by atoms with Gasteiger partial charge in [0.1, 0.15) is 17.4 Å². The van der Waals surface area contributed by atoms with Gasteiger partial charge < -0.3 is 15.4 Å². The third kappa shape index (κ3) is 5.16. The van der Waals surface area contributed by atoms with Crippen molar-refractivity contribution in [3.63, 3.8) is 0 Å². The number of nitrogens with zero attached hydrogens (tertiary/aromatic N) is 3. The van der Waals surface area contributed by atoms with Crippen molar-refractivity contribution >= 4 is 38.7 Å². The molecule has 2 N–H and O–H groups in total. The largest absolute Gasteiger partial charge is 0.495 e. The number of aromatic nitrogens is 3. The molecule has 1 aliphatic rings. The summed E-state index contributed by atoms with van der Waals surface area (Å²) >= 11 is 0. The van der Waals surface area contributed by atoms with Crippen LogP contribution < -0.4 is 15.4 Å². The molecule has 0 aliphatic carbocycles. The SMILES string of the molecule is COc1cc2c(cc1Nc1nc3ccc(-c4ccc(NC(=O)[C@H](C)c5ccc(F)cc5F)cc4)cn3n1)CCS2(=O)=O. The van der Waals surface area contributed by atoms with Gasteiger partial charge in [-0.25, -0.2) is 21.7 Å². The van der Waals surface area contributed by atoms with Crippen molar-refractivity contribution in [1.82, 2.24) is 14.6 Å². The quantitative estimate of drug-likeness (QED) is 0.258. The van der Waals surface area contributed by atoms with Gasteiger partial charge in [-0.1, -0.05) is 18.2 Å². The molecular weight excluding hydrogens is 564 g/mol. The van der Waals surface area contributed by atoms with Crippen LogP contribution in [-0.2, 0) is 21.1 Å². The Morgan fingerprint density at radius 1 is 1.02 bits per heavy atom. The Labute approximate surface area is 240 Å². The second-order valence-corrected chi connectivity index (χ2v) is 12.0. The van der Waals surface area contributed by atoms with Gasteiger partial charge in [-0.2, -0.15) is 4.98 Å². The summed E-state index contributed by atoms with van der Waals surface area (Å²) in [5.41, 5.74) is 4.23. The first kappa shape index (κ1) is 27.3. The third-order valence-corrected chi connectivity index (χ3v) is 9.04. The van der Waals surface area contributed by atoms with Gasteiger partial charge in [-0.15, -0.1) is 5.10 Å². The molecule has 214 valence electrons. The van der Waals surface area contributed by atoms with E-state index in [0.29, 0.717) is 40.0 Å². The van der Waals surface area contributed by atoms with Gasteiger partial charge in [0, 0.05) is 35.1 Å². The molecule has 1 atom stereocenters. The lowest BCUT2D eigenvalue weighted by Gasteiger charge is -2.14. The van der Waals surface area contributed by atoms with Crippen LogP contribution in [-0.4, -0.2) is 41.8 Å². The van der Waals surface area contributed by atoms with E-state index >= 15 is 0 Å². The minimum absolute atomic E-state index is 0.0762. The van der Waals surface area contributed by atoms with Gasteiger partial charge in [-0.05, 0) is 60.9 Å². The van der Waals surface area contributed by atoms with Crippen molar-refractivity contribution in [1.29, 1.82) is 0 Å². The Hall–Kier alpha value is -4.84. The zero-order valence-electron chi connectivity index (χ0n) is 22.6. The number of amides is 1. The molecule has 0 bridgehead atoms. The zero-order chi connectivity index (χ0) is 29.6. The number of ether oxygens (including phenoxy) is 1. The van der Waals surface area contributed by atoms with Crippen molar-refractivity contribution in [2.45, 2.75) is 24.2 Å². The lowest BCUT2D eigenvalue weighted by molar-refractivity contribution is -0.117. The minimum atomic E-state index is -3.30. The average molecular weight is 590 g/mol. The Balaban J connectivity index is 1.18. The zero-order valence-corrected chi connectivity index (χ0v) is 23.4. The van der Waals surface area contributed by atoms with Crippen LogP contribution >= 0.6 is 0 Å². The molecule has 3 heterocycles. The number of halogens is 2. The number of anilines is 3. The number of rotatable bonds is 7. The van der Waals surface area contributed by atoms with Gasteiger partial charge >= 0.3 is 0 Å². The molecule has 6 rings (SSSR count). The number of carbonyl (C=O) groups is 1. The van der Waals surface area contributed by atoms with Gasteiger partial charge in [0.15, 0.2) is 15.5 Å². The highest BCUT2D eigenvalue weighted by atomic mass is 32.2. The number of sulfone groups is 1. The van der Waals surface area contributed by atoms with E-state index in [0.717, 1.165) is 28.8 Å². The van der Waals surface area contributed by atoms with Crippen LogP contribution in [0.2, 0.25) is 0 Å². The summed E-state index contributed by atoms with van der Waals surface area (Å²) in [5.74, 6) is -1.93. The maximum Gasteiger partial charge on any atom is 0.247 e. The minimum Gasteiger partial charge on any atom is -0.495 e. The Bertz CT molecular complexity index is 1960. The fourth-order valence-electron chi connectivity index (χ4n) is 4.93. The summed E-state index contributed by atoms with van der Waals surface area (Å²) in [6.07, 6.45) is 2.25. The molecule has 2 aromatic heterocycles. The second kappa shape index (κ2) is 10.5. The topological polar surface area (TPSA) is 115 Å². The number of nitrogens with one attached hydrogen (secondary N) is 2. The highest BCUT2D eigenvalue weighted by Crippen LogP contribution is 2.36. The molecule has 0 fully saturated rings.